The molecule has 1 atom stereocenters. The molecule has 6 nitrogen and oxygen atoms in total. The number of benzene rings is 2. The van der Waals surface area contributed by atoms with E-state index in [0.29, 0.717) is 10.9 Å². The standard InChI is InChI=1S/C20H19F2N3O3/c1-12-4-3-5-16-18(12)23-11-25(19(16)27)10-17(26)24-13(2)14-6-8-15(9-7-14)28-20(21)22/h3-9,11,13,20H,10H2,1-2H3,(H,24,26)/t13-/m0/s1. The monoisotopic (exact) mass is 387 g/mol. The highest BCUT2D eigenvalue weighted by Gasteiger charge is 2.13. The number of hydrogen-bond donors (Lipinski definition) is 1. The van der Waals surface area contributed by atoms with Crippen molar-refractivity contribution in [2.75, 3.05) is 0 Å². The zero-order chi connectivity index (χ0) is 20.3. The van der Waals surface area contributed by atoms with E-state index in [4.69, 9.17) is 0 Å². The highest BCUT2D eigenvalue weighted by atomic mass is 19.3. The van der Waals surface area contributed by atoms with Crippen LogP contribution in [0.3, 0.4) is 0 Å². The van der Waals surface area contributed by atoms with Crippen molar-refractivity contribution in [3.8, 4) is 5.75 Å². The van der Waals surface area contributed by atoms with Gasteiger partial charge in [-0.15, -0.1) is 0 Å². The number of nitrogens with one attached hydrogen (secondary N) is 1. The number of amides is 1. The van der Waals surface area contributed by atoms with Crippen molar-refractivity contribution in [1.29, 1.82) is 0 Å². The Morgan fingerprint density at radius 2 is 1.93 bits per heavy atom. The molecule has 0 aliphatic rings. The first-order valence-electron chi connectivity index (χ1n) is 8.64. The predicted molar refractivity (Wildman–Crippen MR) is 100 cm³/mol. The molecule has 3 aromatic rings. The van der Waals surface area contributed by atoms with Gasteiger partial charge in [0.25, 0.3) is 5.56 Å². The normalized spacial score (nSPS) is 12.2. The van der Waals surface area contributed by atoms with Crippen LogP contribution in [0.15, 0.2) is 53.6 Å². The number of aromatic nitrogens is 2. The van der Waals surface area contributed by atoms with Crippen LogP contribution in [0.1, 0.15) is 24.1 Å². The molecular weight excluding hydrogens is 368 g/mol. The van der Waals surface area contributed by atoms with E-state index in [-0.39, 0.29) is 29.8 Å². The maximum absolute atomic E-state index is 12.6. The van der Waals surface area contributed by atoms with E-state index >= 15 is 0 Å². The Morgan fingerprint density at radius 1 is 1.21 bits per heavy atom. The number of carbonyl (C=O) groups is 1. The van der Waals surface area contributed by atoms with Crippen LogP contribution in [0, 0.1) is 6.92 Å². The topological polar surface area (TPSA) is 73.2 Å². The molecule has 1 heterocycles. The third kappa shape index (κ3) is 4.33. The summed E-state index contributed by atoms with van der Waals surface area (Å²) in [5.41, 5.74) is 1.93. The van der Waals surface area contributed by atoms with E-state index in [1.165, 1.54) is 23.0 Å². The van der Waals surface area contributed by atoms with Gasteiger partial charge in [0.1, 0.15) is 12.3 Å². The fourth-order valence-corrected chi connectivity index (χ4v) is 2.91. The van der Waals surface area contributed by atoms with Gasteiger partial charge >= 0.3 is 6.61 Å². The number of fused-ring (bicyclic) bond motifs is 1. The number of nitrogens with zero attached hydrogens (tertiary/aromatic N) is 2. The molecule has 0 radical (unpaired) electrons. The maximum atomic E-state index is 12.6. The number of ether oxygens (including phenoxy) is 1. The van der Waals surface area contributed by atoms with Crippen LogP contribution >= 0.6 is 0 Å². The Labute approximate surface area is 159 Å². The molecule has 146 valence electrons. The van der Waals surface area contributed by atoms with Crippen LogP contribution in [0.4, 0.5) is 8.78 Å². The van der Waals surface area contributed by atoms with Gasteiger partial charge in [-0.25, -0.2) is 4.98 Å². The number of para-hydroxylation sites is 1. The first-order valence-corrected chi connectivity index (χ1v) is 8.64. The summed E-state index contributed by atoms with van der Waals surface area (Å²) in [6.45, 7) is 0.560. The van der Waals surface area contributed by atoms with Gasteiger partial charge in [-0.1, -0.05) is 24.3 Å². The molecule has 0 bridgehead atoms. The zero-order valence-electron chi connectivity index (χ0n) is 15.4. The Morgan fingerprint density at radius 3 is 2.61 bits per heavy atom. The van der Waals surface area contributed by atoms with Crippen LogP contribution in [0.25, 0.3) is 10.9 Å². The zero-order valence-corrected chi connectivity index (χ0v) is 15.4. The quantitative estimate of drug-likeness (QED) is 0.705. The summed E-state index contributed by atoms with van der Waals surface area (Å²) in [6.07, 6.45) is 1.36. The summed E-state index contributed by atoms with van der Waals surface area (Å²) in [4.78, 5) is 29.2. The van der Waals surface area contributed by atoms with E-state index in [9.17, 15) is 18.4 Å². The average Bonchev–Trinajstić information content (AvgIpc) is 2.64. The highest BCUT2D eigenvalue weighted by molar-refractivity contribution is 5.81. The summed E-state index contributed by atoms with van der Waals surface area (Å²) >= 11 is 0. The molecule has 0 aliphatic carbocycles. The van der Waals surface area contributed by atoms with Crippen LogP contribution in [0.5, 0.6) is 5.75 Å². The second-order valence-corrected chi connectivity index (χ2v) is 6.39. The molecule has 3 rings (SSSR count). The lowest BCUT2D eigenvalue weighted by Crippen LogP contribution is -2.34. The van der Waals surface area contributed by atoms with Gasteiger partial charge in [0, 0.05) is 0 Å². The molecule has 0 spiro atoms. The number of halogens is 2. The van der Waals surface area contributed by atoms with Gasteiger partial charge in [-0.05, 0) is 43.2 Å². The molecule has 0 saturated heterocycles. The Hall–Kier alpha value is -3.29. The van der Waals surface area contributed by atoms with Crippen LogP contribution in [-0.2, 0) is 11.3 Å². The van der Waals surface area contributed by atoms with Crippen molar-refractivity contribution < 1.29 is 18.3 Å². The minimum Gasteiger partial charge on any atom is -0.435 e. The minimum absolute atomic E-state index is 0.0429. The Kier molecular flexibility index (Phi) is 5.67. The van der Waals surface area contributed by atoms with Gasteiger partial charge in [0.15, 0.2) is 0 Å². The van der Waals surface area contributed by atoms with Gasteiger partial charge in [-0.2, -0.15) is 8.78 Å². The molecule has 1 aromatic heterocycles. The Bertz CT molecular complexity index is 1050. The van der Waals surface area contributed by atoms with Gasteiger partial charge in [0.05, 0.1) is 23.3 Å². The van der Waals surface area contributed by atoms with Crippen molar-refractivity contribution in [3.05, 3.63) is 70.3 Å². The Balaban J connectivity index is 1.69. The fraction of sp³-hybridized carbons (Fsp3) is 0.250. The van der Waals surface area contributed by atoms with Crippen molar-refractivity contribution >= 4 is 16.8 Å². The molecule has 0 aliphatic heterocycles. The number of aryl methyl sites for hydroxylation is 1. The summed E-state index contributed by atoms with van der Waals surface area (Å²) in [7, 11) is 0. The molecular formula is C20H19F2N3O3. The smallest absolute Gasteiger partial charge is 0.387 e. The van der Waals surface area contributed by atoms with Gasteiger partial charge in [-0.3, -0.25) is 14.2 Å². The van der Waals surface area contributed by atoms with Gasteiger partial charge < -0.3 is 10.1 Å². The molecule has 28 heavy (non-hydrogen) atoms. The average molecular weight is 387 g/mol. The van der Waals surface area contributed by atoms with Crippen LogP contribution < -0.4 is 15.6 Å². The molecule has 1 N–H and O–H groups in total. The maximum Gasteiger partial charge on any atom is 0.387 e. The molecule has 0 fully saturated rings. The van der Waals surface area contributed by atoms with E-state index in [1.54, 1.807) is 31.2 Å². The third-order valence-corrected chi connectivity index (χ3v) is 4.35. The number of rotatable bonds is 6. The molecule has 0 unspecified atom stereocenters. The lowest BCUT2D eigenvalue weighted by atomic mass is 10.1. The van der Waals surface area contributed by atoms with E-state index in [0.717, 1.165) is 11.1 Å². The predicted octanol–water partition coefficient (Wildman–Crippen LogP) is 3.18. The molecule has 0 saturated carbocycles. The number of alkyl halides is 2. The van der Waals surface area contributed by atoms with Crippen molar-refractivity contribution in [3.63, 3.8) is 0 Å². The number of carbonyl (C=O) groups excluding carboxylic acids is 1. The van der Waals surface area contributed by atoms with Crippen LogP contribution in [0.2, 0.25) is 0 Å². The first-order chi connectivity index (χ1) is 13.3. The second kappa shape index (κ2) is 8.16. The highest BCUT2D eigenvalue weighted by Crippen LogP contribution is 2.19. The minimum atomic E-state index is -2.89. The van der Waals surface area contributed by atoms with E-state index in [1.807, 2.05) is 13.0 Å². The summed E-state index contributed by atoms with van der Waals surface area (Å²) in [5, 5.41) is 3.23. The second-order valence-electron chi connectivity index (χ2n) is 6.39. The SMILES string of the molecule is Cc1cccc2c(=O)n(CC(=O)N[C@@H](C)c3ccc(OC(F)F)cc3)cnc12. The van der Waals surface area contributed by atoms with E-state index < -0.39 is 6.61 Å². The van der Waals surface area contributed by atoms with E-state index in [2.05, 4.69) is 15.0 Å². The molecule has 2 aromatic carbocycles. The molecule has 1 amide bonds. The first kappa shape index (κ1) is 19.5. The summed E-state index contributed by atoms with van der Waals surface area (Å²) in [5.74, 6) is -0.322. The summed E-state index contributed by atoms with van der Waals surface area (Å²) < 4.78 is 30.0. The van der Waals surface area contributed by atoms with Crippen molar-refractivity contribution in [1.82, 2.24) is 14.9 Å². The van der Waals surface area contributed by atoms with Crippen molar-refractivity contribution in [2.24, 2.45) is 0 Å². The third-order valence-electron chi connectivity index (χ3n) is 4.35. The van der Waals surface area contributed by atoms with Crippen molar-refractivity contribution in [2.45, 2.75) is 33.0 Å². The van der Waals surface area contributed by atoms with Crippen LogP contribution in [-0.4, -0.2) is 22.1 Å². The van der Waals surface area contributed by atoms with Gasteiger partial charge in [0.2, 0.25) is 5.91 Å². The lowest BCUT2D eigenvalue weighted by Gasteiger charge is -2.15. The summed E-state index contributed by atoms with van der Waals surface area (Å²) in [6, 6.07) is 10.9. The largest absolute Gasteiger partial charge is 0.435 e. The molecule has 8 heteroatoms. The lowest BCUT2D eigenvalue weighted by molar-refractivity contribution is -0.122. The number of hydrogen-bond acceptors (Lipinski definition) is 4. The fourth-order valence-electron chi connectivity index (χ4n) is 2.91.